The first-order valence-electron chi connectivity index (χ1n) is 12.8. The predicted molar refractivity (Wildman–Crippen MR) is 138 cm³/mol. The Bertz CT molecular complexity index is 1520. The van der Waals surface area contributed by atoms with E-state index in [-0.39, 0.29) is 42.7 Å². The number of imide groups is 1. The summed E-state index contributed by atoms with van der Waals surface area (Å²) in [5, 5.41) is 3.83. The number of aromatic amines is 1. The Labute approximate surface area is 223 Å². The van der Waals surface area contributed by atoms with Crippen molar-refractivity contribution in [2.24, 2.45) is 0 Å². The number of piperidine rings is 2. The lowest BCUT2D eigenvalue weighted by Gasteiger charge is -2.32. The van der Waals surface area contributed by atoms with Gasteiger partial charge in [-0.1, -0.05) is 23.7 Å². The van der Waals surface area contributed by atoms with Crippen molar-refractivity contribution in [3.8, 4) is 0 Å². The van der Waals surface area contributed by atoms with Gasteiger partial charge < -0.3 is 14.8 Å². The Balaban J connectivity index is 1.16. The second-order valence-electron chi connectivity index (χ2n) is 10.3. The molecule has 0 spiro atoms. The third-order valence-electron chi connectivity index (χ3n) is 8.10. The first kappa shape index (κ1) is 24.6. The standard InChI is InChI=1S/C28H26ClFN4O4/c1-14-18-3-2-17(29)11-22(18)31-25(14)28(38)33-8-6-15(7-9-33)19-10-16-13-34(27(37)20(16)12-21(19)30)23-4-5-24(35)32-26(23)36/h2-3,10-12,15,23,31H,4-9,13H2,1H3,(H,32,35,36). The van der Waals surface area contributed by atoms with Crippen molar-refractivity contribution in [3.63, 3.8) is 0 Å². The molecule has 0 saturated carbocycles. The zero-order valence-corrected chi connectivity index (χ0v) is 21.5. The van der Waals surface area contributed by atoms with Gasteiger partial charge in [-0.2, -0.15) is 0 Å². The van der Waals surface area contributed by atoms with Gasteiger partial charge in [0.05, 0.1) is 0 Å². The van der Waals surface area contributed by atoms with E-state index in [1.54, 1.807) is 23.1 Å². The van der Waals surface area contributed by atoms with Gasteiger partial charge in [0, 0.05) is 47.5 Å². The normalized spacial score (nSPS) is 20.3. The van der Waals surface area contributed by atoms with E-state index in [4.69, 9.17) is 11.6 Å². The number of nitrogens with zero attached hydrogens (tertiary/aromatic N) is 2. The summed E-state index contributed by atoms with van der Waals surface area (Å²) in [6.45, 7) is 3.08. The van der Waals surface area contributed by atoms with Crippen molar-refractivity contribution in [3.05, 3.63) is 69.1 Å². The van der Waals surface area contributed by atoms with Crippen molar-refractivity contribution in [1.82, 2.24) is 20.1 Å². The number of H-pyrrole nitrogens is 1. The van der Waals surface area contributed by atoms with Gasteiger partial charge in [0.2, 0.25) is 11.8 Å². The van der Waals surface area contributed by atoms with Crippen LogP contribution < -0.4 is 5.32 Å². The van der Waals surface area contributed by atoms with Crippen LogP contribution in [-0.4, -0.2) is 57.5 Å². The van der Waals surface area contributed by atoms with E-state index < -0.39 is 23.7 Å². The van der Waals surface area contributed by atoms with Crippen LogP contribution in [0.2, 0.25) is 5.02 Å². The van der Waals surface area contributed by atoms with E-state index in [1.165, 1.54) is 11.0 Å². The largest absolute Gasteiger partial charge is 0.350 e. The molecule has 2 N–H and O–H groups in total. The Morgan fingerprint density at radius 2 is 1.84 bits per heavy atom. The third kappa shape index (κ3) is 4.05. The van der Waals surface area contributed by atoms with Crippen LogP contribution in [0, 0.1) is 12.7 Å². The van der Waals surface area contributed by atoms with Crippen LogP contribution in [0.5, 0.6) is 0 Å². The van der Waals surface area contributed by atoms with E-state index >= 15 is 4.39 Å². The lowest BCUT2D eigenvalue weighted by atomic mass is 9.87. The number of likely N-dealkylation sites (tertiary alicyclic amines) is 1. The van der Waals surface area contributed by atoms with Gasteiger partial charge >= 0.3 is 0 Å². The summed E-state index contributed by atoms with van der Waals surface area (Å²) >= 11 is 6.10. The van der Waals surface area contributed by atoms with Crippen molar-refractivity contribution in [2.45, 2.75) is 51.1 Å². The molecule has 0 aliphatic carbocycles. The molecule has 8 nitrogen and oxygen atoms in total. The van der Waals surface area contributed by atoms with Gasteiger partial charge in [0.25, 0.3) is 11.8 Å². The molecular weight excluding hydrogens is 511 g/mol. The highest BCUT2D eigenvalue weighted by Crippen LogP contribution is 2.36. The van der Waals surface area contributed by atoms with Crippen LogP contribution in [0.4, 0.5) is 4.39 Å². The number of fused-ring (bicyclic) bond motifs is 2. The highest BCUT2D eigenvalue weighted by molar-refractivity contribution is 6.31. The number of aryl methyl sites for hydroxylation is 1. The summed E-state index contributed by atoms with van der Waals surface area (Å²) in [5.41, 5.74) is 3.70. The molecular formula is C28H26ClFN4O4. The van der Waals surface area contributed by atoms with E-state index in [0.29, 0.717) is 47.8 Å². The number of hydrogen-bond donors (Lipinski definition) is 2. The van der Waals surface area contributed by atoms with Crippen molar-refractivity contribution >= 4 is 46.1 Å². The molecule has 1 aromatic heterocycles. The molecule has 1 unspecified atom stereocenters. The maximum atomic E-state index is 15.2. The van der Waals surface area contributed by atoms with Gasteiger partial charge in [-0.05, 0) is 67.0 Å². The summed E-state index contributed by atoms with van der Waals surface area (Å²) in [4.78, 5) is 56.5. The second-order valence-corrected chi connectivity index (χ2v) is 10.7. The average Bonchev–Trinajstić information content (AvgIpc) is 3.39. The SMILES string of the molecule is Cc1c(C(=O)N2CCC(c3cc4c(cc3F)C(=O)N(C3CCC(=O)NC3=O)C4)CC2)[nH]c2cc(Cl)ccc12. The number of rotatable bonds is 3. The lowest BCUT2D eigenvalue weighted by Crippen LogP contribution is -2.52. The zero-order valence-electron chi connectivity index (χ0n) is 20.8. The topological polar surface area (TPSA) is 103 Å². The molecule has 0 bridgehead atoms. The van der Waals surface area contributed by atoms with Gasteiger partial charge in [-0.25, -0.2) is 4.39 Å². The van der Waals surface area contributed by atoms with E-state index in [0.717, 1.165) is 16.5 Å². The first-order valence-corrected chi connectivity index (χ1v) is 13.1. The van der Waals surface area contributed by atoms with E-state index in [1.807, 2.05) is 13.0 Å². The molecule has 0 radical (unpaired) electrons. The fourth-order valence-electron chi connectivity index (χ4n) is 6.00. The molecule has 10 heteroatoms. The Hall–Kier alpha value is -3.72. The van der Waals surface area contributed by atoms with Crippen LogP contribution in [0.25, 0.3) is 10.9 Å². The molecule has 2 saturated heterocycles. The summed E-state index contributed by atoms with van der Waals surface area (Å²) in [7, 11) is 0. The average molecular weight is 537 g/mol. The summed E-state index contributed by atoms with van der Waals surface area (Å²) in [5.74, 6) is -1.86. The van der Waals surface area contributed by atoms with Gasteiger partial charge in [0.1, 0.15) is 17.6 Å². The maximum Gasteiger partial charge on any atom is 0.270 e. The van der Waals surface area contributed by atoms with Crippen LogP contribution in [-0.2, 0) is 16.1 Å². The fourth-order valence-corrected chi connectivity index (χ4v) is 6.17. The molecule has 4 heterocycles. The lowest BCUT2D eigenvalue weighted by molar-refractivity contribution is -0.136. The Morgan fingerprint density at radius 3 is 2.58 bits per heavy atom. The Morgan fingerprint density at radius 1 is 1.08 bits per heavy atom. The first-order chi connectivity index (χ1) is 18.2. The van der Waals surface area contributed by atoms with Gasteiger partial charge in [-0.15, -0.1) is 0 Å². The number of aromatic nitrogens is 1. The molecule has 3 aliphatic heterocycles. The molecule has 196 valence electrons. The predicted octanol–water partition coefficient (Wildman–Crippen LogP) is 4.05. The minimum Gasteiger partial charge on any atom is -0.350 e. The van der Waals surface area contributed by atoms with Crippen molar-refractivity contribution < 1.29 is 23.6 Å². The van der Waals surface area contributed by atoms with Gasteiger partial charge in [-0.3, -0.25) is 24.5 Å². The molecule has 3 aromatic rings. The van der Waals surface area contributed by atoms with Crippen LogP contribution in [0.15, 0.2) is 30.3 Å². The zero-order chi connectivity index (χ0) is 26.7. The quantitative estimate of drug-likeness (QED) is 0.493. The molecule has 3 aliphatic rings. The molecule has 2 aromatic carbocycles. The Kier molecular flexibility index (Phi) is 5.98. The number of carbonyl (C=O) groups is 4. The summed E-state index contributed by atoms with van der Waals surface area (Å²) < 4.78 is 15.2. The number of benzene rings is 2. The molecule has 6 rings (SSSR count). The van der Waals surface area contributed by atoms with Crippen molar-refractivity contribution in [1.29, 1.82) is 0 Å². The highest BCUT2D eigenvalue weighted by atomic mass is 35.5. The van der Waals surface area contributed by atoms with Crippen LogP contribution in [0.1, 0.15) is 69.1 Å². The van der Waals surface area contributed by atoms with Crippen molar-refractivity contribution in [2.75, 3.05) is 13.1 Å². The minimum atomic E-state index is -0.738. The van der Waals surface area contributed by atoms with E-state index in [2.05, 4.69) is 10.3 Å². The number of amides is 4. The number of halogens is 2. The molecule has 38 heavy (non-hydrogen) atoms. The highest BCUT2D eigenvalue weighted by Gasteiger charge is 2.40. The molecule has 1 atom stereocenters. The van der Waals surface area contributed by atoms with E-state index in [9.17, 15) is 19.2 Å². The second kappa shape index (κ2) is 9.23. The third-order valence-corrected chi connectivity index (χ3v) is 8.33. The van der Waals surface area contributed by atoms with Crippen LogP contribution in [0.3, 0.4) is 0 Å². The number of hydrogen-bond acceptors (Lipinski definition) is 4. The van der Waals surface area contributed by atoms with Gasteiger partial charge in [0.15, 0.2) is 0 Å². The number of carbonyl (C=O) groups excluding carboxylic acids is 4. The summed E-state index contributed by atoms with van der Waals surface area (Å²) in [6, 6.07) is 7.77. The summed E-state index contributed by atoms with van der Waals surface area (Å²) in [6.07, 6.45) is 1.61. The molecule has 2 fully saturated rings. The van der Waals surface area contributed by atoms with Crippen LogP contribution >= 0.6 is 11.6 Å². The maximum absolute atomic E-state index is 15.2. The fraction of sp³-hybridized carbons (Fsp3) is 0.357. The monoisotopic (exact) mass is 536 g/mol. The molecule has 4 amide bonds. The minimum absolute atomic E-state index is 0.0897. The smallest absolute Gasteiger partial charge is 0.270 e. The number of nitrogens with one attached hydrogen (secondary N) is 2.